The first-order chi connectivity index (χ1) is 13.7. The molecule has 8 heteroatoms. The van der Waals surface area contributed by atoms with E-state index in [4.69, 9.17) is 0 Å². The molecule has 29 heavy (non-hydrogen) atoms. The van der Waals surface area contributed by atoms with Gasteiger partial charge in [0.05, 0.1) is 5.56 Å². The minimum Gasteiger partial charge on any atom is -0.508 e. The fourth-order valence-corrected chi connectivity index (χ4v) is 4.28. The molecular weight excluding hydrogens is 406 g/mol. The van der Waals surface area contributed by atoms with E-state index in [2.05, 4.69) is 0 Å². The number of alkyl halides is 3. The van der Waals surface area contributed by atoms with Gasteiger partial charge < -0.3 is 10.2 Å². The number of nitriles is 1. The van der Waals surface area contributed by atoms with Crippen LogP contribution in [-0.2, 0) is 12.6 Å². The molecule has 1 aliphatic rings. The Bertz CT molecular complexity index is 1220. The van der Waals surface area contributed by atoms with Crippen LogP contribution in [0.25, 0.3) is 11.1 Å². The number of hydrogen-bond acceptors (Lipinski definition) is 4. The van der Waals surface area contributed by atoms with Crippen molar-refractivity contribution >= 4 is 22.5 Å². The minimum absolute atomic E-state index is 0.0520. The average Bonchev–Trinajstić information content (AvgIpc) is 3.26. The van der Waals surface area contributed by atoms with Gasteiger partial charge in [0.1, 0.15) is 16.7 Å². The predicted molar refractivity (Wildman–Crippen MR) is 99.8 cm³/mol. The molecule has 0 atom stereocenters. The van der Waals surface area contributed by atoms with Crippen LogP contribution in [0.5, 0.6) is 11.5 Å². The van der Waals surface area contributed by atoms with Crippen molar-refractivity contribution in [2.24, 2.45) is 0 Å². The minimum atomic E-state index is -4.70. The van der Waals surface area contributed by atoms with Crippen LogP contribution >= 0.6 is 11.3 Å². The summed E-state index contributed by atoms with van der Waals surface area (Å²) in [7, 11) is 0. The number of aromatic hydroxyl groups is 2. The number of phenols is 2. The summed E-state index contributed by atoms with van der Waals surface area (Å²) in [6.07, 6.45) is -4.86. The monoisotopic (exact) mass is 417 g/mol. The van der Waals surface area contributed by atoms with Gasteiger partial charge in [-0.05, 0) is 70.0 Å². The molecule has 3 aromatic rings. The van der Waals surface area contributed by atoms with E-state index < -0.39 is 29.1 Å². The molecule has 3 nitrogen and oxygen atoms in total. The summed E-state index contributed by atoms with van der Waals surface area (Å²) in [6, 6.07) is 9.10. The first kappa shape index (κ1) is 19.0. The molecule has 0 fully saturated rings. The van der Waals surface area contributed by atoms with Gasteiger partial charge >= 0.3 is 6.18 Å². The molecule has 1 heterocycles. The fourth-order valence-electron chi connectivity index (χ4n) is 3.59. The van der Waals surface area contributed by atoms with E-state index in [0.717, 1.165) is 23.5 Å². The van der Waals surface area contributed by atoms with E-state index in [1.807, 2.05) is 6.07 Å². The topological polar surface area (TPSA) is 64.2 Å². The smallest absolute Gasteiger partial charge is 0.416 e. The Hall–Kier alpha value is -3.31. The highest BCUT2D eigenvalue weighted by Crippen LogP contribution is 2.49. The van der Waals surface area contributed by atoms with E-state index in [1.54, 1.807) is 11.4 Å². The van der Waals surface area contributed by atoms with Gasteiger partial charge in [-0.3, -0.25) is 0 Å². The van der Waals surface area contributed by atoms with Crippen LogP contribution in [0.3, 0.4) is 0 Å². The zero-order valence-corrected chi connectivity index (χ0v) is 15.3. The lowest BCUT2D eigenvalue weighted by atomic mass is 9.94. The summed E-state index contributed by atoms with van der Waals surface area (Å²) in [5.74, 6) is -2.04. The second-order valence-electron chi connectivity index (χ2n) is 6.49. The van der Waals surface area contributed by atoms with Crippen LogP contribution in [0.15, 0.2) is 41.8 Å². The van der Waals surface area contributed by atoms with E-state index in [9.17, 15) is 33.0 Å². The number of nitrogens with zero attached hydrogens (tertiary/aromatic N) is 1. The van der Waals surface area contributed by atoms with Gasteiger partial charge in [0.25, 0.3) is 0 Å². The number of thiophene rings is 1. The third-order valence-electron chi connectivity index (χ3n) is 4.80. The van der Waals surface area contributed by atoms with E-state index in [1.165, 1.54) is 12.1 Å². The van der Waals surface area contributed by atoms with Crippen molar-refractivity contribution in [1.29, 1.82) is 5.26 Å². The lowest BCUT2D eigenvalue weighted by molar-refractivity contribution is -0.138. The fraction of sp³-hybridized carbons (Fsp3) is 0.0952. The summed E-state index contributed by atoms with van der Waals surface area (Å²) < 4.78 is 54.8. The molecule has 0 amide bonds. The normalized spacial score (nSPS) is 13.5. The highest BCUT2D eigenvalue weighted by molar-refractivity contribution is 7.10. The molecule has 2 aromatic carbocycles. The molecule has 1 aromatic heterocycles. The van der Waals surface area contributed by atoms with Gasteiger partial charge in [0.15, 0.2) is 11.6 Å². The first-order valence-electron chi connectivity index (χ1n) is 8.34. The average molecular weight is 417 g/mol. The first-order valence-corrected chi connectivity index (χ1v) is 9.22. The van der Waals surface area contributed by atoms with Gasteiger partial charge in [-0.25, -0.2) is 4.39 Å². The lowest BCUT2D eigenvalue weighted by Crippen LogP contribution is -2.09. The number of phenolic OH excluding ortho intramolecular Hbond substituents is 2. The Morgan fingerprint density at radius 3 is 2.45 bits per heavy atom. The Morgan fingerprint density at radius 1 is 1.03 bits per heavy atom. The Balaban J connectivity index is 2.05. The van der Waals surface area contributed by atoms with Crippen molar-refractivity contribution in [2.45, 2.75) is 12.6 Å². The summed E-state index contributed by atoms with van der Waals surface area (Å²) in [6.45, 7) is 0. The van der Waals surface area contributed by atoms with Gasteiger partial charge in [0.2, 0.25) is 0 Å². The van der Waals surface area contributed by atoms with Gasteiger partial charge in [-0.15, -0.1) is 11.3 Å². The van der Waals surface area contributed by atoms with E-state index in [-0.39, 0.29) is 23.1 Å². The molecule has 0 radical (unpaired) electrons. The van der Waals surface area contributed by atoms with Crippen LogP contribution in [0.4, 0.5) is 17.6 Å². The molecule has 0 unspecified atom stereocenters. The number of allylic oxidation sites excluding steroid dienone is 1. The maximum absolute atomic E-state index is 14.0. The zero-order chi connectivity index (χ0) is 20.9. The van der Waals surface area contributed by atoms with Crippen LogP contribution in [0.2, 0.25) is 0 Å². The summed E-state index contributed by atoms with van der Waals surface area (Å²) in [5.41, 5.74) is 0.537. The molecule has 146 valence electrons. The van der Waals surface area contributed by atoms with Crippen molar-refractivity contribution in [2.75, 3.05) is 0 Å². The number of rotatable bonds is 2. The van der Waals surface area contributed by atoms with Crippen LogP contribution in [0.1, 0.15) is 32.7 Å². The van der Waals surface area contributed by atoms with E-state index in [0.29, 0.717) is 27.7 Å². The number of benzene rings is 2. The largest absolute Gasteiger partial charge is 0.508 e. The highest BCUT2D eigenvalue weighted by atomic mass is 32.1. The highest BCUT2D eigenvalue weighted by Gasteiger charge is 2.39. The van der Waals surface area contributed by atoms with Gasteiger partial charge in [-0.2, -0.15) is 18.4 Å². The molecule has 0 saturated heterocycles. The number of halogens is 4. The quantitative estimate of drug-likeness (QED) is 0.526. The maximum Gasteiger partial charge on any atom is 0.416 e. The van der Waals surface area contributed by atoms with E-state index >= 15 is 0 Å². The maximum atomic E-state index is 14.0. The van der Waals surface area contributed by atoms with Crippen molar-refractivity contribution in [3.63, 3.8) is 0 Å². The summed E-state index contributed by atoms with van der Waals surface area (Å²) in [4.78, 5) is 0.293. The third kappa shape index (κ3) is 3.13. The summed E-state index contributed by atoms with van der Waals surface area (Å²) in [5, 5.41) is 30.5. The number of fused-ring (bicyclic) bond motifs is 1. The lowest BCUT2D eigenvalue weighted by Gasteiger charge is -2.14. The Labute approximate surface area is 166 Å². The van der Waals surface area contributed by atoms with Crippen molar-refractivity contribution in [3.05, 3.63) is 80.3 Å². The molecule has 0 spiro atoms. The predicted octanol–water partition coefficient (Wildman–Crippen LogP) is 5.70. The van der Waals surface area contributed by atoms with Crippen molar-refractivity contribution < 1.29 is 27.8 Å². The molecule has 2 N–H and O–H groups in total. The molecule has 0 aliphatic heterocycles. The van der Waals surface area contributed by atoms with Gasteiger partial charge in [-0.1, -0.05) is 6.07 Å². The van der Waals surface area contributed by atoms with Gasteiger partial charge in [0, 0.05) is 5.56 Å². The number of hydrogen-bond donors (Lipinski definition) is 2. The Morgan fingerprint density at radius 2 is 1.79 bits per heavy atom. The molecule has 0 bridgehead atoms. The van der Waals surface area contributed by atoms with Crippen LogP contribution in [-0.4, -0.2) is 10.2 Å². The SMILES string of the molecule is N#Cc1sccc1C1=C(c2ccc(O)c(F)c2)Cc2c1cc(O)cc2C(F)(F)F. The molecule has 4 rings (SSSR count). The summed E-state index contributed by atoms with van der Waals surface area (Å²) >= 11 is 1.13. The van der Waals surface area contributed by atoms with Crippen LogP contribution < -0.4 is 0 Å². The molecule has 1 aliphatic carbocycles. The third-order valence-corrected chi connectivity index (χ3v) is 5.62. The zero-order valence-electron chi connectivity index (χ0n) is 14.5. The second kappa shape index (κ2) is 6.64. The Kier molecular flexibility index (Phi) is 4.35. The molecular formula is C21H11F4NO2S. The van der Waals surface area contributed by atoms with Crippen molar-refractivity contribution in [1.82, 2.24) is 0 Å². The standard InChI is InChI=1S/C21H11F4NO2S/c22-17-5-10(1-2-18(17)28)13-8-14-15(6-11(27)7-16(14)21(23,24)25)20(13)12-3-4-29-19(12)9-26/h1-7,27-28H,8H2. The molecule has 0 saturated carbocycles. The second-order valence-corrected chi connectivity index (χ2v) is 7.41. The van der Waals surface area contributed by atoms with Crippen LogP contribution in [0, 0.1) is 17.1 Å². The van der Waals surface area contributed by atoms with Crippen molar-refractivity contribution in [3.8, 4) is 17.6 Å².